The summed E-state index contributed by atoms with van der Waals surface area (Å²) in [5, 5.41) is 2.42. The molecule has 0 aliphatic carbocycles. The lowest BCUT2D eigenvalue weighted by molar-refractivity contribution is -0.120. The van der Waals surface area contributed by atoms with E-state index in [1.807, 2.05) is 0 Å². The van der Waals surface area contributed by atoms with Gasteiger partial charge < -0.3 is 10.2 Å². The monoisotopic (exact) mass is 246 g/mol. The fourth-order valence-electron chi connectivity index (χ4n) is 2.12. The Hall–Kier alpha value is -0.280. The van der Waals surface area contributed by atoms with Crippen molar-refractivity contribution in [3.8, 4) is 0 Å². The lowest BCUT2D eigenvalue weighted by Gasteiger charge is -2.33. The third-order valence-electron chi connectivity index (χ3n) is 3.22. The molecule has 1 fully saturated rings. The minimum Gasteiger partial charge on any atom is -0.355 e. The number of piperidine rings is 1. The van der Waals surface area contributed by atoms with Gasteiger partial charge in [-0.3, -0.25) is 4.79 Å². The quantitative estimate of drug-likeness (QED) is 0.595. The van der Waals surface area contributed by atoms with Crippen molar-refractivity contribution in [1.29, 1.82) is 0 Å². The third-order valence-corrected chi connectivity index (χ3v) is 3.42. The van der Waals surface area contributed by atoms with Crippen LogP contribution in [0.15, 0.2) is 0 Å². The van der Waals surface area contributed by atoms with Crippen LogP contribution in [0, 0.1) is 0 Å². The number of halogens is 1. The van der Waals surface area contributed by atoms with E-state index in [9.17, 15) is 4.79 Å². The van der Waals surface area contributed by atoms with Crippen molar-refractivity contribution in [1.82, 2.24) is 10.2 Å². The Morgan fingerprint density at radius 3 is 2.94 bits per heavy atom. The van der Waals surface area contributed by atoms with E-state index < -0.39 is 5.38 Å². The van der Waals surface area contributed by atoms with Crippen molar-refractivity contribution in [2.24, 2.45) is 0 Å². The number of likely N-dealkylation sites (tertiary alicyclic amines) is 1. The van der Waals surface area contributed by atoms with Crippen molar-refractivity contribution in [3.05, 3.63) is 0 Å². The topological polar surface area (TPSA) is 32.3 Å². The first-order valence-corrected chi connectivity index (χ1v) is 6.70. The molecule has 0 aromatic heterocycles. The van der Waals surface area contributed by atoms with Gasteiger partial charge in [-0.05, 0) is 39.7 Å². The van der Waals surface area contributed by atoms with E-state index in [4.69, 9.17) is 11.6 Å². The maximum atomic E-state index is 11.2. The molecule has 0 aromatic rings. The molecule has 1 aliphatic heterocycles. The summed E-state index contributed by atoms with van der Waals surface area (Å²) in [6, 6.07) is 0.705. The zero-order valence-electron chi connectivity index (χ0n) is 10.3. The first kappa shape index (κ1) is 13.8. The summed E-state index contributed by atoms with van der Waals surface area (Å²) in [5.74, 6) is -0.0617. The highest BCUT2D eigenvalue weighted by Crippen LogP contribution is 2.15. The van der Waals surface area contributed by atoms with Crippen LogP contribution in [0.3, 0.4) is 0 Å². The Kier molecular flexibility index (Phi) is 6.14. The minimum absolute atomic E-state index is 0.0617. The molecule has 2 unspecified atom stereocenters. The molecule has 1 N–H and O–H groups in total. The van der Waals surface area contributed by atoms with Crippen LogP contribution < -0.4 is 5.32 Å². The number of hydrogen-bond donors (Lipinski definition) is 1. The van der Waals surface area contributed by atoms with Gasteiger partial charge in [0.25, 0.3) is 0 Å². The Labute approximate surface area is 104 Å². The molecule has 0 spiro atoms. The van der Waals surface area contributed by atoms with Crippen molar-refractivity contribution in [2.45, 2.75) is 50.9 Å². The van der Waals surface area contributed by atoms with E-state index in [-0.39, 0.29) is 5.91 Å². The van der Waals surface area contributed by atoms with Crippen LogP contribution in [0.25, 0.3) is 0 Å². The largest absolute Gasteiger partial charge is 0.355 e. The molecule has 0 saturated carbocycles. The summed E-state index contributed by atoms with van der Waals surface area (Å²) in [6.45, 7) is 7.01. The SMILES string of the molecule is CC(Cl)C(=O)NCCCN1CCCCC1C. The summed E-state index contributed by atoms with van der Waals surface area (Å²) in [6.07, 6.45) is 5.00. The molecule has 16 heavy (non-hydrogen) atoms. The lowest BCUT2D eigenvalue weighted by Crippen LogP contribution is -2.39. The molecule has 94 valence electrons. The second-order valence-corrected chi connectivity index (χ2v) is 5.30. The molecule has 2 atom stereocenters. The van der Waals surface area contributed by atoms with Crippen LogP contribution >= 0.6 is 11.6 Å². The van der Waals surface area contributed by atoms with Crippen molar-refractivity contribution in [3.63, 3.8) is 0 Å². The van der Waals surface area contributed by atoms with Crippen LogP contribution in [-0.4, -0.2) is 41.9 Å². The van der Waals surface area contributed by atoms with Gasteiger partial charge in [-0.1, -0.05) is 6.42 Å². The molecular formula is C12H23ClN2O. The van der Waals surface area contributed by atoms with Gasteiger partial charge in [0.1, 0.15) is 5.38 Å². The number of hydrogen-bond acceptors (Lipinski definition) is 2. The van der Waals surface area contributed by atoms with Gasteiger partial charge in [0.05, 0.1) is 0 Å². The van der Waals surface area contributed by atoms with Crippen molar-refractivity contribution < 1.29 is 4.79 Å². The summed E-state index contributed by atoms with van der Waals surface area (Å²) in [4.78, 5) is 13.7. The Morgan fingerprint density at radius 1 is 1.56 bits per heavy atom. The summed E-state index contributed by atoms with van der Waals surface area (Å²) >= 11 is 5.66. The molecule has 4 heteroatoms. The Morgan fingerprint density at radius 2 is 2.31 bits per heavy atom. The van der Waals surface area contributed by atoms with Gasteiger partial charge >= 0.3 is 0 Å². The Bertz CT molecular complexity index is 221. The summed E-state index contributed by atoms with van der Waals surface area (Å²) in [7, 11) is 0. The van der Waals surface area contributed by atoms with E-state index in [0.717, 1.165) is 19.5 Å². The van der Waals surface area contributed by atoms with Gasteiger partial charge in [0.2, 0.25) is 5.91 Å². The molecule has 1 rings (SSSR count). The maximum absolute atomic E-state index is 11.2. The molecule has 0 bridgehead atoms. The van der Waals surface area contributed by atoms with Gasteiger partial charge in [-0.15, -0.1) is 11.6 Å². The van der Waals surface area contributed by atoms with Gasteiger partial charge in [0, 0.05) is 19.1 Å². The van der Waals surface area contributed by atoms with Crippen LogP contribution in [0.4, 0.5) is 0 Å². The molecule has 1 heterocycles. The van der Waals surface area contributed by atoms with Crippen LogP contribution in [-0.2, 0) is 4.79 Å². The smallest absolute Gasteiger partial charge is 0.237 e. The predicted molar refractivity (Wildman–Crippen MR) is 67.8 cm³/mol. The average molecular weight is 247 g/mol. The molecule has 1 amide bonds. The first-order chi connectivity index (χ1) is 7.61. The number of carbonyl (C=O) groups excluding carboxylic acids is 1. The van der Waals surface area contributed by atoms with E-state index in [2.05, 4.69) is 17.1 Å². The standard InChI is InChI=1S/C12H23ClN2O/c1-10-6-3-4-8-15(10)9-5-7-14-12(16)11(2)13/h10-11H,3-9H2,1-2H3,(H,14,16). The molecule has 0 aromatic carbocycles. The zero-order chi connectivity index (χ0) is 12.0. The van der Waals surface area contributed by atoms with E-state index >= 15 is 0 Å². The van der Waals surface area contributed by atoms with Crippen LogP contribution in [0.1, 0.15) is 39.5 Å². The zero-order valence-corrected chi connectivity index (χ0v) is 11.1. The number of nitrogens with one attached hydrogen (secondary N) is 1. The normalized spacial score (nSPS) is 24.1. The number of amides is 1. The maximum Gasteiger partial charge on any atom is 0.237 e. The highest BCUT2D eigenvalue weighted by Gasteiger charge is 2.17. The highest BCUT2D eigenvalue weighted by molar-refractivity contribution is 6.30. The number of alkyl halides is 1. The van der Waals surface area contributed by atoms with Crippen molar-refractivity contribution in [2.75, 3.05) is 19.6 Å². The van der Waals surface area contributed by atoms with E-state index in [0.29, 0.717) is 6.04 Å². The van der Waals surface area contributed by atoms with Crippen LogP contribution in [0.5, 0.6) is 0 Å². The van der Waals surface area contributed by atoms with Crippen LogP contribution in [0.2, 0.25) is 0 Å². The Balaban J connectivity index is 2.08. The third kappa shape index (κ3) is 4.71. The predicted octanol–water partition coefficient (Wildman–Crippen LogP) is 1.99. The summed E-state index contributed by atoms with van der Waals surface area (Å²) < 4.78 is 0. The lowest BCUT2D eigenvalue weighted by atomic mass is 10.0. The fourth-order valence-corrected chi connectivity index (χ4v) is 2.20. The van der Waals surface area contributed by atoms with E-state index in [1.165, 1.54) is 25.8 Å². The molecule has 1 aliphatic rings. The molecule has 0 radical (unpaired) electrons. The second kappa shape index (κ2) is 7.13. The van der Waals surface area contributed by atoms with Gasteiger partial charge in [-0.2, -0.15) is 0 Å². The van der Waals surface area contributed by atoms with Gasteiger partial charge in [-0.25, -0.2) is 0 Å². The number of carbonyl (C=O) groups is 1. The van der Waals surface area contributed by atoms with E-state index in [1.54, 1.807) is 6.92 Å². The molecule has 1 saturated heterocycles. The average Bonchev–Trinajstić information content (AvgIpc) is 2.26. The minimum atomic E-state index is -0.422. The molecule has 3 nitrogen and oxygen atoms in total. The van der Waals surface area contributed by atoms with Gasteiger partial charge in [0.15, 0.2) is 0 Å². The summed E-state index contributed by atoms with van der Waals surface area (Å²) in [5.41, 5.74) is 0. The number of rotatable bonds is 5. The second-order valence-electron chi connectivity index (χ2n) is 4.64. The molecular weight excluding hydrogens is 224 g/mol. The first-order valence-electron chi connectivity index (χ1n) is 6.27. The fraction of sp³-hybridized carbons (Fsp3) is 0.917. The highest BCUT2D eigenvalue weighted by atomic mass is 35.5. The van der Waals surface area contributed by atoms with Crippen molar-refractivity contribution >= 4 is 17.5 Å². The number of nitrogens with zero attached hydrogens (tertiary/aromatic N) is 1.